The highest BCUT2D eigenvalue weighted by Crippen LogP contribution is 2.16. The van der Waals surface area contributed by atoms with E-state index in [1.54, 1.807) is 0 Å². The van der Waals surface area contributed by atoms with Crippen molar-refractivity contribution in [2.75, 3.05) is 39.5 Å². The molecule has 0 aromatic rings. The van der Waals surface area contributed by atoms with Crippen LogP contribution in [0.15, 0.2) is 0 Å². The third-order valence-electron chi connectivity index (χ3n) is 3.02. The number of hydrogen-bond acceptors (Lipinski definition) is 4. The van der Waals surface area contributed by atoms with E-state index in [2.05, 4.69) is 4.90 Å². The Morgan fingerprint density at radius 1 is 1.36 bits per heavy atom. The maximum absolute atomic E-state index is 9.17. The fourth-order valence-electron chi connectivity index (χ4n) is 2.15. The van der Waals surface area contributed by atoms with Gasteiger partial charge in [-0.3, -0.25) is 4.90 Å². The van der Waals surface area contributed by atoms with Gasteiger partial charge in [-0.15, -0.1) is 0 Å². The van der Waals surface area contributed by atoms with Gasteiger partial charge < -0.3 is 14.6 Å². The van der Waals surface area contributed by atoms with E-state index in [0.29, 0.717) is 12.7 Å². The first kappa shape index (κ1) is 10.4. The molecule has 2 atom stereocenters. The molecule has 0 bridgehead atoms. The molecular weight excluding hydrogens is 182 g/mol. The summed E-state index contributed by atoms with van der Waals surface area (Å²) in [6.07, 6.45) is 2.72. The second-order valence-electron chi connectivity index (χ2n) is 4.04. The lowest BCUT2D eigenvalue weighted by molar-refractivity contribution is -0.0464. The summed E-state index contributed by atoms with van der Waals surface area (Å²) in [6.45, 7) is 4.40. The van der Waals surface area contributed by atoms with Crippen molar-refractivity contribution in [1.29, 1.82) is 0 Å². The normalized spacial score (nSPS) is 34.9. The van der Waals surface area contributed by atoms with E-state index >= 15 is 0 Å². The van der Waals surface area contributed by atoms with Crippen molar-refractivity contribution >= 4 is 0 Å². The highest BCUT2D eigenvalue weighted by molar-refractivity contribution is 4.78. The average molecular weight is 201 g/mol. The van der Waals surface area contributed by atoms with Gasteiger partial charge in [-0.05, 0) is 12.8 Å². The van der Waals surface area contributed by atoms with Crippen molar-refractivity contribution in [2.45, 2.75) is 25.0 Å². The molecule has 2 saturated heterocycles. The first-order valence-electron chi connectivity index (χ1n) is 5.44. The standard InChI is InChI=1S/C10H19NO3/c12-7-9-8-13-5-3-11(9)6-10-2-1-4-14-10/h9-10,12H,1-8H2. The quantitative estimate of drug-likeness (QED) is 0.690. The van der Waals surface area contributed by atoms with Crippen LogP contribution in [0.5, 0.6) is 0 Å². The zero-order chi connectivity index (χ0) is 9.80. The van der Waals surface area contributed by atoms with Crippen LogP contribution in [0.3, 0.4) is 0 Å². The lowest BCUT2D eigenvalue weighted by Gasteiger charge is -2.35. The Balaban J connectivity index is 1.81. The largest absolute Gasteiger partial charge is 0.395 e. The molecule has 1 N–H and O–H groups in total. The summed E-state index contributed by atoms with van der Waals surface area (Å²) >= 11 is 0. The van der Waals surface area contributed by atoms with E-state index in [1.165, 1.54) is 6.42 Å². The van der Waals surface area contributed by atoms with E-state index in [4.69, 9.17) is 9.47 Å². The summed E-state index contributed by atoms with van der Waals surface area (Å²) in [4.78, 5) is 2.29. The number of nitrogens with zero attached hydrogens (tertiary/aromatic N) is 1. The Labute approximate surface area is 84.8 Å². The fraction of sp³-hybridized carbons (Fsp3) is 1.00. The van der Waals surface area contributed by atoms with Crippen molar-refractivity contribution in [3.05, 3.63) is 0 Å². The maximum atomic E-state index is 9.17. The zero-order valence-electron chi connectivity index (χ0n) is 8.52. The Morgan fingerprint density at radius 3 is 3.00 bits per heavy atom. The summed E-state index contributed by atoms with van der Waals surface area (Å²) in [5, 5.41) is 9.17. The molecule has 4 heteroatoms. The summed E-state index contributed by atoms with van der Waals surface area (Å²) in [6, 6.07) is 0.174. The number of hydrogen-bond donors (Lipinski definition) is 1. The fourth-order valence-corrected chi connectivity index (χ4v) is 2.15. The van der Waals surface area contributed by atoms with Crippen LogP contribution in [0.1, 0.15) is 12.8 Å². The maximum Gasteiger partial charge on any atom is 0.0703 e. The van der Waals surface area contributed by atoms with Gasteiger partial charge in [0, 0.05) is 19.7 Å². The summed E-state index contributed by atoms with van der Waals surface area (Å²) in [5.41, 5.74) is 0. The Bertz CT molecular complexity index is 171. The molecule has 2 aliphatic rings. The predicted molar refractivity (Wildman–Crippen MR) is 52.2 cm³/mol. The Hall–Kier alpha value is -0.160. The highest BCUT2D eigenvalue weighted by Gasteiger charge is 2.26. The number of morpholine rings is 1. The molecular formula is C10H19NO3. The van der Waals surface area contributed by atoms with Crippen LogP contribution in [0.4, 0.5) is 0 Å². The summed E-state index contributed by atoms with van der Waals surface area (Å²) < 4.78 is 10.9. The number of rotatable bonds is 3. The predicted octanol–water partition coefficient (Wildman–Crippen LogP) is -0.141. The van der Waals surface area contributed by atoms with Gasteiger partial charge >= 0.3 is 0 Å². The van der Waals surface area contributed by atoms with Gasteiger partial charge in [0.1, 0.15) is 0 Å². The van der Waals surface area contributed by atoms with Gasteiger partial charge in [-0.25, -0.2) is 0 Å². The van der Waals surface area contributed by atoms with Crippen LogP contribution < -0.4 is 0 Å². The van der Waals surface area contributed by atoms with Crippen LogP contribution in [0.25, 0.3) is 0 Å². The zero-order valence-corrected chi connectivity index (χ0v) is 8.52. The number of aliphatic hydroxyl groups is 1. The van der Waals surface area contributed by atoms with E-state index in [1.807, 2.05) is 0 Å². The molecule has 0 amide bonds. The first-order valence-corrected chi connectivity index (χ1v) is 5.44. The van der Waals surface area contributed by atoms with Crippen LogP contribution in [-0.2, 0) is 9.47 Å². The van der Waals surface area contributed by atoms with Gasteiger partial charge in [0.05, 0.1) is 32.0 Å². The first-order chi connectivity index (χ1) is 6.90. The van der Waals surface area contributed by atoms with Gasteiger partial charge in [0.15, 0.2) is 0 Å². The van der Waals surface area contributed by atoms with E-state index in [-0.39, 0.29) is 12.6 Å². The third kappa shape index (κ3) is 2.45. The molecule has 0 aromatic heterocycles. The smallest absolute Gasteiger partial charge is 0.0703 e. The molecule has 2 aliphatic heterocycles. The van der Waals surface area contributed by atoms with Crippen molar-refractivity contribution in [1.82, 2.24) is 4.90 Å². The molecule has 82 valence electrons. The van der Waals surface area contributed by atoms with Crippen LogP contribution in [-0.4, -0.2) is 61.7 Å². The second-order valence-corrected chi connectivity index (χ2v) is 4.04. The highest BCUT2D eigenvalue weighted by atomic mass is 16.5. The van der Waals surface area contributed by atoms with Crippen LogP contribution in [0.2, 0.25) is 0 Å². The van der Waals surface area contributed by atoms with Crippen molar-refractivity contribution in [2.24, 2.45) is 0 Å². The van der Waals surface area contributed by atoms with Gasteiger partial charge in [0.2, 0.25) is 0 Å². The van der Waals surface area contributed by atoms with E-state index in [0.717, 1.165) is 32.7 Å². The van der Waals surface area contributed by atoms with E-state index < -0.39 is 0 Å². The molecule has 0 saturated carbocycles. The average Bonchev–Trinajstić information content (AvgIpc) is 2.71. The molecule has 14 heavy (non-hydrogen) atoms. The molecule has 2 rings (SSSR count). The molecule has 0 spiro atoms. The second kappa shape index (κ2) is 5.07. The number of aliphatic hydroxyl groups excluding tert-OH is 1. The Morgan fingerprint density at radius 2 is 2.29 bits per heavy atom. The Kier molecular flexibility index (Phi) is 3.75. The van der Waals surface area contributed by atoms with Gasteiger partial charge in [-0.2, -0.15) is 0 Å². The van der Waals surface area contributed by atoms with Crippen LogP contribution >= 0.6 is 0 Å². The van der Waals surface area contributed by atoms with Crippen molar-refractivity contribution < 1.29 is 14.6 Å². The monoisotopic (exact) mass is 201 g/mol. The molecule has 0 radical (unpaired) electrons. The van der Waals surface area contributed by atoms with Crippen molar-refractivity contribution in [3.8, 4) is 0 Å². The molecule has 2 fully saturated rings. The van der Waals surface area contributed by atoms with Crippen molar-refractivity contribution in [3.63, 3.8) is 0 Å². The molecule has 2 heterocycles. The minimum absolute atomic E-state index is 0.174. The molecule has 4 nitrogen and oxygen atoms in total. The SMILES string of the molecule is OCC1COCCN1CC1CCCO1. The lowest BCUT2D eigenvalue weighted by atomic mass is 10.2. The third-order valence-corrected chi connectivity index (χ3v) is 3.02. The topological polar surface area (TPSA) is 41.9 Å². The molecule has 2 unspecified atom stereocenters. The van der Waals surface area contributed by atoms with Crippen LogP contribution in [0, 0.1) is 0 Å². The molecule has 0 aromatic carbocycles. The minimum Gasteiger partial charge on any atom is -0.395 e. The van der Waals surface area contributed by atoms with Gasteiger partial charge in [-0.1, -0.05) is 0 Å². The van der Waals surface area contributed by atoms with Gasteiger partial charge in [0.25, 0.3) is 0 Å². The molecule has 0 aliphatic carbocycles. The summed E-state index contributed by atoms with van der Waals surface area (Å²) in [7, 11) is 0. The number of ether oxygens (including phenoxy) is 2. The lowest BCUT2D eigenvalue weighted by Crippen LogP contribution is -2.50. The summed E-state index contributed by atoms with van der Waals surface area (Å²) in [5.74, 6) is 0. The minimum atomic E-state index is 0.174. The van der Waals surface area contributed by atoms with E-state index in [9.17, 15) is 5.11 Å².